The number of halogens is 1. The number of piperidine rings is 1. The number of hydrogen-bond donors (Lipinski definition) is 0. The van der Waals surface area contributed by atoms with E-state index in [0.717, 1.165) is 19.3 Å². The van der Waals surface area contributed by atoms with E-state index < -0.39 is 28.4 Å². The molecule has 0 amide bonds. The minimum atomic E-state index is -3.69. The molecule has 1 saturated heterocycles. The highest BCUT2D eigenvalue weighted by Crippen LogP contribution is 2.25. The van der Waals surface area contributed by atoms with Gasteiger partial charge in [-0.3, -0.25) is 4.79 Å². The predicted octanol–water partition coefficient (Wildman–Crippen LogP) is 2.82. The number of sulfonamides is 1. The summed E-state index contributed by atoms with van der Waals surface area (Å²) in [6, 6.07) is 3.90. The van der Waals surface area contributed by atoms with Crippen LogP contribution < -0.4 is 0 Å². The van der Waals surface area contributed by atoms with Gasteiger partial charge < -0.3 is 4.74 Å². The maximum atomic E-state index is 12.7. The molecule has 0 aliphatic carbocycles. The van der Waals surface area contributed by atoms with Gasteiger partial charge in [0.1, 0.15) is 0 Å². The molecule has 0 N–H and O–H groups in total. The van der Waals surface area contributed by atoms with Crippen molar-refractivity contribution < 1.29 is 22.7 Å². The van der Waals surface area contributed by atoms with Crippen molar-refractivity contribution in [1.29, 1.82) is 0 Å². The van der Waals surface area contributed by atoms with Crippen LogP contribution in [0.1, 0.15) is 36.5 Å². The van der Waals surface area contributed by atoms with Gasteiger partial charge in [-0.25, -0.2) is 13.2 Å². The van der Waals surface area contributed by atoms with Crippen molar-refractivity contribution in [1.82, 2.24) is 4.31 Å². The van der Waals surface area contributed by atoms with E-state index in [-0.39, 0.29) is 21.1 Å². The summed E-state index contributed by atoms with van der Waals surface area (Å²) in [4.78, 5) is 23.6. The van der Waals surface area contributed by atoms with Crippen molar-refractivity contribution in [2.45, 2.75) is 31.1 Å². The van der Waals surface area contributed by atoms with Gasteiger partial charge in [-0.15, -0.1) is 0 Å². The Morgan fingerprint density at radius 3 is 2.48 bits per heavy atom. The number of hydrogen-bond acceptors (Lipinski definition) is 5. The van der Waals surface area contributed by atoms with Crippen LogP contribution in [-0.2, 0) is 19.6 Å². The first-order chi connectivity index (χ1) is 11.7. The Labute approximate surface area is 152 Å². The van der Waals surface area contributed by atoms with Gasteiger partial charge in [0, 0.05) is 13.1 Å². The van der Waals surface area contributed by atoms with Gasteiger partial charge in [0.25, 0.3) is 0 Å². The minimum absolute atomic E-state index is 0.0167. The van der Waals surface area contributed by atoms with Crippen LogP contribution in [-0.4, -0.2) is 44.2 Å². The smallest absolute Gasteiger partial charge is 0.340 e. The van der Waals surface area contributed by atoms with E-state index >= 15 is 0 Å². The molecule has 0 spiro atoms. The topological polar surface area (TPSA) is 80.8 Å². The van der Waals surface area contributed by atoms with Crippen LogP contribution in [0.3, 0.4) is 0 Å². The van der Waals surface area contributed by atoms with Crippen LogP contribution in [0, 0.1) is 0 Å². The molecule has 1 fully saturated rings. The van der Waals surface area contributed by atoms with E-state index in [9.17, 15) is 18.0 Å². The average molecular weight is 386 g/mol. The molecule has 1 aliphatic heterocycles. The number of carbonyl (C=O) groups is 2. The number of nitrogens with zero attached hydrogens (tertiary/aromatic N) is 1. The molecular weight excluding hydrogens is 366 g/mol. The lowest BCUT2D eigenvalue weighted by molar-refractivity contribution is -0.118. The van der Waals surface area contributed by atoms with E-state index in [1.165, 1.54) is 29.4 Å². The molecule has 1 heterocycles. The first-order valence-corrected chi connectivity index (χ1v) is 9.71. The molecule has 0 aromatic heterocycles. The zero-order valence-electron chi connectivity index (χ0n) is 14.0. The lowest BCUT2D eigenvalue weighted by Crippen LogP contribution is -2.35. The summed E-state index contributed by atoms with van der Waals surface area (Å²) in [6.45, 7) is 5.43. The molecule has 6 nitrogen and oxygen atoms in total. The highest BCUT2D eigenvalue weighted by molar-refractivity contribution is 7.89. The highest BCUT2D eigenvalue weighted by Gasteiger charge is 2.27. The molecule has 1 aromatic rings. The summed E-state index contributed by atoms with van der Waals surface area (Å²) in [5.74, 6) is -1.27. The molecule has 0 bridgehead atoms. The maximum Gasteiger partial charge on any atom is 0.340 e. The van der Waals surface area contributed by atoms with Gasteiger partial charge in [-0.05, 0) is 43.5 Å². The molecule has 1 aromatic carbocycles. The molecule has 0 radical (unpaired) electrons. The van der Waals surface area contributed by atoms with Crippen molar-refractivity contribution in [2.75, 3.05) is 19.7 Å². The average Bonchev–Trinajstić information content (AvgIpc) is 2.60. The van der Waals surface area contributed by atoms with Gasteiger partial charge >= 0.3 is 5.97 Å². The van der Waals surface area contributed by atoms with Crippen molar-refractivity contribution in [3.8, 4) is 0 Å². The predicted molar refractivity (Wildman–Crippen MR) is 94.2 cm³/mol. The monoisotopic (exact) mass is 385 g/mol. The van der Waals surface area contributed by atoms with Crippen LogP contribution in [0.25, 0.3) is 0 Å². The van der Waals surface area contributed by atoms with Crippen molar-refractivity contribution >= 4 is 33.4 Å². The minimum Gasteiger partial charge on any atom is -0.454 e. The van der Waals surface area contributed by atoms with Crippen LogP contribution in [0.5, 0.6) is 0 Å². The molecule has 25 heavy (non-hydrogen) atoms. The zero-order valence-corrected chi connectivity index (χ0v) is 15.5. The van der Waals surface area contributed by atoms with Gasteiger partial charge in [-0.2, -0.15) is 4.31 Å². The zero-order chi connectivity index (χ0) is 18.6. The second-order valence-electron chi connectivity index (χ2n) is 5.89. The normalized spacial score (nSPS) is 15.6. The van der Waals surface area contributed by atoms with E-state index in [1.54, 1.807) is 0 Å². The maximum absolute atomic E-state index is 12.7. The fourth-order valence-electron chi connectivity index (χ4n) is 2.41. The van der Waals surface area contributed by atoms with Crippen LogP contribution in [0.2, 0.25) is 5.02 Å². The van der Waals surface area contributed by atoms with Crippen molar-refractivity contribution in [3.05, 3.63) is 40.9 Å². The van der Waals surface area contributed by atoms with Gasteiger partial charge in [-0.1, -0.05) is 24.6 Å². The molecule has 1 aliphatic rings. The number of Topliss-reactive ketones (excluding diaryl/α,β-unsaturated/α-hetero) is 1. The fraction of sp³-hybridized carbons (Fsp3) is 0.412. The van der Waals surface area contributed by atoms with Crippen LogP contribution in [0.4, 0.5) is 0 Å². The largest absolute Gasteiger partial charge is 0.454 e. The van der Waals surface area contributed by atoms with Gasteiger partial charge in [0.15, 0.2) is 12.4 Å². The second kappa shape index (κ2) is 8.12. The Kier molecular flexibility index (Phi) is 6.37. The van der Waals surface area contributed by atoms with Gasteiger partial charge in [0.05, 0.1) is 15.5 Å². The molecule has 136 valence electrons. The molecule has 0 saturated carbocycles. The van der Waals surface area contributed by atoms with Crippen LogP contribution >= 0.6 is 11.6 Å². The summed E-state index contributed by atoms with van der Waals surface area (Å²) in [7, 11) is -3.69. The Morgan fingerprint density at radius 1 is 1.24 bits per heavy atom. The summed E-state index contributed by atoms with van der Waals surface area (Å²) < 4.78 is 31.7. The summed E-state index contributed by atoms with van der Waals surface area (Å²) >= 11 is 5.99. The van der Waals surface area contributed by atoms with E-state index in [0.29, 0.717) is 13.1 Å². The molecule has 0 unspecified atom stereocenters. The number of rotatable bonds is 6. The van der Waals surface area contributed by atoms with E-state index in [4.69, 9.17) is 16.3 Å². The quantitative estimate of drug-likeness (QED) is 0.555. The molecule has 8 heteroatoms. The first-order valence-electron chi connectivity index (χ1n) is 7.89. The molecular formula is C17H20ClNO5S. The molecule has 0 atom stereocenters. The summed E-state index contributed by atoms with van der Waals surface area (Å²) in [5.41, 5.74) is 0.176. The summed E-state index contributed by atoms with van der Waals surface area (Å²) in [6.07, 6.45) is 2.62. The molecule has 2 rings (SSSR count). The third kappa shape index (κ3) is 4.68. The van der Waals surface area contributed by atoms with Crippen LogP contribution in [0.15, 0.2) is 35.2 Å². The second-order valence-corrected chi connectivity index (χ2v) is 8.23. The van der Waals surface area contributed by atoms with Crippen molar-refractivity contribution in [2.24, 2.45) is 0 Å². The SMILES string of the molecule is C=C(C)C(=O)COC(=O)c1cc(S(=O)(=O)N2CCCCC2)ccc1Cl. The number of ketones is 1. The number of carbonyl (C=O) groups excluding carboxylic acids is 2. The Balaban J connectivity index is 2.23. The Hall–Kier alpha value is -1.70. The van der Waals surface area contributed by atoms with E-state index in [1.807, 2.05) is 0 Å². The lowest BCUT2D eigenvalue weighted by Gasteiger charge is -2.26. The Bertz CT molecular complexity index is 797. The van der Waals surface area contributed by atoms with Crippen molar-refractivity contribution in [3.63, 3.8) is 0 Å². The fourth-order valence-corrected chi connectivity index (χ4v) is 4.15. The standard InChI is InChI=1S/C17H20ClNO5S/c1-12(2)16(20)11-24-17(21)14-10-13(6-7-15(14)18)25(22,23)19-8-4-3-5-9-19/h6-7,10H,1,3-5,8-9,11H2,2H3. The third-order valence-electron chi connectivity index (χ3n) is 3.92. The third-order valence-corrected chi connectivity index (χ3v) is 6.15. The highest BCUT2D eigenvalue weighted by atomic mass is 35.5. The lowest BCUT2D eigenvalue weighted by atomic mass is 10.2. The summed E-state index contributed by atoms with van der Waals surface area (Å²) in [5, 5.41) is 0.0605. The number of ether oxygens (including phenoxy) is 1. The Morgan fingerprint density at radius 2 is 1.88 bits per heavy atom. The first kappa shape index (κ1) is 19.6. The number of esters is 1. The van der Waals surface area contributed by atoms with E-state index in [2.05, 4.69) is 6.58 Å². The number of benzene rings is 1. The van der Waals surface area contributed by atoms with Gasteiger partial charge in [0.2, 0.25) is 10.0 Å².